The molecule has 1 spiro atoms. The maximum Gasteiger partial charge on any atom is 0.332 e. The van der Waals surface area contributed by atoms with Gasteiger partial charge in [-0.05, 0) is 38.0 Å². The Kier molecular flexibility index (Phi) is 2.89. The minimum Gasteiger partial charge on any atom is -0.342 e. The van der Waals surface area contributed by atoms with E-state index in [9.17, 15) is 14.4 Å². The number of likely N-dealkylation sites (tertiary alicyclic amines) is 1. The van der Waals surface area contributed by atoms with Gasteiger partial charge in [0, 0.05) is 43.9 Å². The van der Waals surface area contributed by atoms with Gasteiger partial charge in [-0.25, -0.2) is 4.68 Å². The number of hydrogen-bond donors (Lipinski definition) is 0. The molecule has 0 N–H and O–H groups in total. The Balaban J connectivity index is 1.42. The fourth-order valence-corrected chi connectivity index (χ4v) is 4.26. The molecule has 2 aliphatic heterocycles. The number of carbonyl (C=O) groups excluding carboxylic acids is 1. The molecule has 1 unspecified atom stereocenters. The van der Waals surface area contributed by atoms with E-state index in [2.05, 4.69) is 5.10 Å². The van der Waals surface area contributed by atoms with Gasteiger partial charge in [-0.3, -0.25) is 19.0 Å². The van der Waals surface area contributed by atoms with Gasteiger partial charge in [0.1, 0.15) is 5.82 Å². The summed E-state index contributed by atoms with van der Waals surface area (Å²) >= 11 is 0. The standard InChI is InChI=1S/C17H22N4O3/c22-14(12-3-4-12)19-6-5-17(9-19)7-13-18-21(8-11-1-2-11)16(24)15(23)20(13)10-17/h11-12H,1-10H2. The normalized spacial score (nSPS) is 28.6. The summed E-state index contributed by atoms with van der Waals surface area (Å²) < 4.78 is 2.95. The van der Waals surface area contributed by atoms with E-state index in [1.54, 1.807) is 4.57 Å². The second-order valence-electron chi connectivity index (χ2n) is 8.20. The van der Waals surface area contributed by atoms with Crippen LogP contribution in [0.1, 0.15) is 37.9 Å². The summed E-state index contributed by atoms with van der Waals surface area (Å²) in [6.45, 7) is 2.57. The monoisotopic (exact) mass is 330 g/mol. The van der Waals surface area contributed by atoms with Crippen molar-refractivity contribution in [3.8, 4) is 0 Å². The summed E-state index contributed by atoms with van der Waals surface area (Å²) in [5.41, 5.74) is -1.04. The summed E-state index contributed by atoms with van der Waals surface area (Å²) in [4.78, 5) is 39.0. The van der Waals surface area contributed by atoms with Crippen LogP contribution in [0.4, 0.5) is 0 Å². The number of amides is 1. The first kappa shape index (κ1) is 14.4. The second kappa shape index (κ2) is 4.80. The third-order valence-corrected chi connectivity index (χ3v) is 6.04. The number of nitrogens with zero attached hydrogens (tertiary/aromatic N) is 4. The predicted octanol–water partition coefficient (Wildman–Crippen LogP) is -0.000200. The third kappa shape index (κ3) is 2.24. The van der Waals surface area contributed by atoms with Gasteiger partial charge in [-0.15, -0.1) is 0 Å². The van der Waals surface area contributed by atoms with Crippen LogP contribution in [0.15, 0.2) is 9.59 Å². The molecule has 1 aromatic heterocycles. The lowest BCUT2D eigenvalue weighted by molar-refractivity contribution is -0.131. The molecule has 7 nitrogen and oxygen atoms in total. The van der Waals surface area contributed by atoms with E-state index in [1.807, 2.05) is 4.90 Å². The first-order valence-corrected chi connectivity index (χ1v) is 9.04. The molecular formula is C17H22N4O3. The highest BCUT2D eigenvalue weighted by Crippen LogP contribution is 2.41. The fraction of sp³-hybridized carbons (Fsp3) is 0.765. The van der Waals surface area contributed by atoms with E-state index < -0.39 is 11.1 Å². The smallest absolute Gasteiger partial charge is 0.332 e. The van der Waals surface area contributed by atoms with Crippen LogP contribution in [0.5, 0.6) is 0 Å². The van der Waals surface area contributed by atoms with Gasteiger partial charge in [0.15, 0.2) is 0 Å². The molecule has 3 heterocycles. The molecule has 3 fully saturated rings. The third-order valence-electron chi connectivity index (χ3n) is 6.04. The lowest BCUT2D eigenvalue weighted by Crippen LogP contribution is -2.43. The molecule has 1 saturated heterocycles. The molecule has 0 aromatic carbocycles. The van der Waals surface area contributed by atoms with Crippen LogP contribution in [0.2, 0.25) is 0 Å². The van der Waals surface area contributed by atoms with E-state index in [-0.39, 0.29) is 17.2 Å². The molecule has 7 heteroatoms. The van der Waals surface area contributed by atoms with Crippen molar-refractivity contribution in [3.05, 3.63) is 26.5 Å². The molecule has 4 aliphatic rings. The Bertz CT molecular complexity index is 833. The highest BCUT2D eigenvalue weighted by Gasteiger charge is 2.47. The van der Waals surface area contributed by atoms with Crippen molar-refractivity contribution in [2.45, 2.75) is 51.6 Å². The van der Waals surface area contributed by atoms with Gasteiger partial charge in [-0.1, -0.05) is 0 Å². The maximum atomic E-state index is 12.5. The lowest BCUT2D eigenvalue weighted by Gasteiger charge is -2.22. The Labute approximate surface area is 139 Å². The van der Waals surface area contributed by atoms with Crippen LogP contribution in [0.25, 0.3) is 0 Å². The van der Waals surface area contributed by atoms with Crippen molar-refractivity contribution in [1.29, 1.82) is 0 Å². The zero-order valence-electron chi connectivity index (χ0n) is 13.7. The summed E-state index contributed by atoms with van der Waals surface area (Å²) in [6.07, 6.45) is 5.87. The molecule has 128 valence electrons. The van der Waals surface area contributed by atoms with E-state index in [0.29, 0.717) is 32.0 Å². The van der Waals surface area contributed by atoms with Crippen LogP contribution in [0.3, 0.4) is 0 Å². The highest BCUT2D eigenvalue weighted by molar-refractivity contribution is 5.81. The van der Waals surface area contributed by atoms with E-state index >= 15 is 0 Å². The predicted molar refractivity (Wildman–Crippen MR) is 85.5 cm³/mol. The molecule has 2 aliphatic carbocycles. The van der Waals surface area contributed by atoms with Gasteiger partial charge >= 0.3 is 11.1 Å². The van der Waals surface area contributed by atoms with Crippen LogP contribution in [-0.4, -0.2) is 38.2 Å². The minimum absolute atomic E-state index is 0.102. The van der Waals surface area contributed by atoms with Crippen LogP contribution >= 0.6 is 0 Å². The van der Waals surface area contributed by atoms with Crippen molar-refractivity contribution in [1.82, 2.24) is 19.2 Å². The highest BCUT2D eigenvalue weighted by atomic mass is 16.2. The largest absolute Gasteiger partial charge is 0.342 e. The van der Waals surface area contributed by atoms with Gasteiger partial charge in [-0.2, -0.15) is 5.10 Å². The number of fused-ring (bicyclic) bond motifs is 1. The Morgan fingerprint density at radius 3 is 2.62 bits per heavy atom. The summed E-state index contributed by atoms with van der Waals surface area (Å²) in [5.74, 6) is 1.74. The summed E-state index contributed by atoms with van der Waals surface area (Å²) in [6, 6.07) is 0. The van der Waals surface area contributed by atoms with Gasteiger partial charge in [0.05, 0.1) is 0 Å². The Hall–Kier alpha value is -1.92. The molecule has 0 radical (unpaired) electrons. The minimum atomic E-state index is -0.494. The topological polar surface area (TPSA) is 77.2 Å². The van der Waals surface area contributed by atoms with Crippen LogP contribution in [0, 0.1) is 17.3 Å². The molecule has 24 heavy (non-hydrogen) atoms. The molecule has 5 rings (SSSR count). The average Bonchev–Trinajstić information content (AvgIpc) is 3.49. The molecule has 1 atom stereocenters. The molecule has 1 amide bonds. The lowest BCUT2D eigenvalue weighted by atomic mass is 9.86. The van der Waals surface area contributed by atoms with Crippen molar-refractivity contribution >= 4 is 5.91 Å². The quantitative estimate of drug-likeness (QED) is 0.731. The van der Waals surface area contributed by atoms with Gasteiger partial charge in [0.2, 0.25) is 5.91 Å². The van der Waals surface area contributed by atoms with E-state index in [1.165, 1.54) is 4.68 Å². The van der Waals surface area contributed by atoms with Crippen molar-refractivity contribution in [3.63, 3.8) is 0 Å². The molecule has 1 aromatic rings. The number of aromatic nitrogens is 3. The van der Waals surface area contributed by atoms with E-state index in [0.717, 1.165) is 44.5 Å². The van der Waals surface area contributed by atoms with Crippen LogP contribution < -0.4 is 11.1 Å². The maximum absolute atomic E-state index is 12.5. The number of rotatable bonds is 3. The Morgan fingerprint density at radius 2 is 1.92 bits per heavy atom. The molecule has 2 saturated carbocycles. The fourth-order valence-electron chi connectivity index (χ4n) is 4.26. The number of carbonyl (C=O) groups is 1. The number of hydrogen-bond acceptors (Lipinski definition) is 4. The first-order valence-electron chi connectivity index (χ1n) is 9.04. The second-order valence-corrected chi connectivity index (χ2v) is 8.20. The molecular weight excluding hydrogens is 308 g/mol. The van der Waals surface area contributed by atoms with Crippen molar-refractivity contribution < 1.29 is 4.79 Å². The van der Waals surface area contributed by atoms with E-state index in [4.69, 9.17) is 0 Å². The molecule has 0 bridgehead atoms. The Morgan fingerprint density at radius 1 is 1.12 bits per heavy atom. The first-order chi connectivity index (χ1) is 11.5. The van der Waals surface area contributed by atoms with Gasteiger partial charge < -0.3 is 4.90 Å². The summed E-state index contributed by atoms with van der Waals surface area (Å²) in [5, 5.41) is 4.49. The zero-order valence-corrected chi connectivity index (χ0v) is 13.7. The summed E-state index contributed by atoms with van der Waals surface area (Å²) in [7, 11) is 0. The van der Waals surface area contributed by atoms with Crippen molar-refractivity contribution in [2.24, 2.45) is 17.3 Å². The van der Waals surface area contributed by atoms with Crippen molar-refractivity contribution in [2.75, 3.05) is 13.1 Å². The average molecular weight is 330 g/mol. The van der Waals surface area contributed by atoms with Gasteiger partial charge in [0.25, 0.3) is 0 Å². The van der Waals surface area contributed by atoms with Crippen LogP contribution in [-0.2, 0) is 24.3 Å². The SMILES string of the molecule is O=C(C1CC1)N1CCC2(Cc3nn(CC4CC4)c(=O)c(=O)n3C2)C1. The zero-order chi connectivity index (χ0) is 16.5.